The van der Waals surface area contributed by atoms with Gasteiger partial charge in [0.1, 0.15) is 0 Å². The molecule has 1 aliphatic carbocycles. The summed E-state index contributed by atoms with van der Waals surface area (Å²) in [5, 5.41) is 12.4. The molecule has 0 bridgehead atoms. The molecule has 2 heterocycles. The van der Waals surface area contributed by atoms with Crippen LogP contribution in [0, 0.1) is 0 Å². The van der Waals surface area contributed by atoms with Crippen molar-refractivity contribution in [2.24, 2.45) is 4.99 Å². The van der Waals surface area contributed by atoms with E-state index in [-0.39, 0.29) is 0 Å². The molecule has 2 fully saturated rings. The summed E-state index contributed by atoms with van der Waals surface area (Å²) < 4.78 is 1.81. The third kappa shape index (κ3) is 2.46. The maximum absolute atomic E-state index is 4.60. The zero-order valence-corrected chi connectivity index (χ0v) is 10.6. The van der Waals surface area contributed by atoms with E-state index in [2.05, 4.69) is 20.6 Å². The van der Waals surface area contributed by atoms with Gasteiger partial charge in [-0.1, -0.05) is 29.8 Å². The highest BCUT2D eigenvalue weighted by molar-refractivity contribution is 8.14. The number of amidine groups is 1. The summed E-state index contributed by atoms with van der Waals surface area (Å²) in [6, 6.07) is 0. The van der Waals surface area contributed by atoms with E-state index in [1.165, 1.54) is 31.4 Å². The lowest BCUT2D eigenvalue weighted by Gasteiger charge is -2.21. The maximum Gasteiger partial charge on any atom is 0.157 e. The number of nitrogens with zero attached hydrogens (tertiary/aromatic N) is 4. The number of aliphatic imine (C=N–C) groups is 1. The molecule has 6 heteroatoms. The van der Waals surface area contributed by atoms with E-state index < -0.39 is 0 Å². The number of thioether (sulfide) groups is 1. The first kappa shape index (κ1) is 11.1. The topological polar surface area (TPSA) is 55.1 Å². The van der Waals surface area contributed by atoms with E-state index in [1.807, 2.05) is 22.6 Å². The van der Waals surface area contributed by atoms with Gasteiger partial charge in [-0.2, -0.15) is 0 Å². The zero-order chi connectivity index (χ0) is 11.6. The molecule has 1 N–H and O–H groups in total. The molecule has 1 aromatic rings. The van der Waals surface area contributed by atoms with Crippen LogP contribution in [0.2, 0.25) is 0 Å². The minimum Gasteiger partial charge on any atom is -0.359 e. The van der Waals surface area contributed by atoms with E-state index in [0.717, 1.165) is 18.3 Å². The summed E-state index contributed by atoms with van der Waals surface area (Å²) in [4.78, 5) is 4.60. The molecule has 1 spiro atoms. The molecule has 92 valence electrons. The van der Waals surface area contributed by atoms with Gasteiger partial charge in [0.2, 0.25) is 0 Å². The zero-order valence-electron chi connectivity index (χ0n) is 9.80. The fourth-order valence-corrected chi connectivity index (χ4v) is 3.76. The maximum atomic E-state index is 4.60. The molecule has 1 aromatic heterocycles. The highest BCUT2D eigenvalue weighted by Gasteiger charge is 2.39. The quantitative estimate of drug-likeness (QED) is 0.879. The molecule has 17 heavy (non-hydrogen) atoms. The smallest absolute Gasteiger partial charge is 0.157 e. The van der Waals surface area contributed by atoms with Crippen LogP contribution < -0.4 is 5.32 Å². The van der Waals surface area contributed by atoms with Gasteiger partial charge in [-0.15, -0.1) is 5.10 Å². The third-order valence-electron chi connectivity index (χ3n) is 3.47. The summed E-state index contributed by atoms with van der Waals surface area (Å²) in [5.41, 5.74) is 0.372. The summed E-state index contributed by atoms with van der Waals surface area (Å²) in [6.07, 6.45) is 8.90. The number of hydrogen-bond acceptors (Lipinski definition) is 4. The van der Waals surface area contributed by atoms with Crippen molar-refractivity contribution in [3.05, 3.63) is 12.4 Å². The van der Waals surface area contributed by atoms with Gasteiger partial charge in [-0.25, -0.2) is 0 Å². The van der Waals surface area contributed by atoms with Gasteiger partial charge in [0.25, 0.3) is 0 Å². The van der Waals surface area contributed by atoms with Crippen LogP contribution in [0.4, 0.5) is 0 Å². The summed E-state index contributed by atoms with van der Waals surface area (Å²) in [7, 11) is 0. The van der Waals surface area contributed by atoms with Crippen LogP contribution in [0.3, 0.4) is 0 Å². The summed E-state index contributed by atoms with van der Waals surface area (Å²) >= 11 is 1.87. The molecule has 2 aliphatic rings. The normalized spacial score (nSPS) is 24.6. The number of aromatic nitrogens is 3. The Morgan fingerprint density at radius 3 is 3.12 bits per heavy atom. The van der Waals surface area contributed by atoms with Gasteiger partial charge in [0, 0.05) is 17.5 Å². The van der Waals surface area contributed by atoms with Crippen LogP contribution in [-0.4, -0.2) is 38.0 Å². The average Bonchev–Trinajstić information content (AvgIpc) is 3.04. The van der Waals surface area contributed by atoms with E-state index in [0.29, 0.717) is 5.54 Å². The standard InChI is InChI=1S/C11H17N5S/c1-2-4-11(3-1)9-17-10(14-11)12-5-7-16-8-6-13-15-16/h6,8H,1-5,7,9H2,(H,12,14). The van der Waals surface area contributed by atoms with E-state index >= 15 is 0 Å². The molecular formula is C11H17N5S. The van der Waals surface area contributed by atoms with Crippen LogP contribution in [-0.2, 0) is 6.54 Å². The SMILES string of the molecule is c1cn(CCN=C2NC3(CCCC3)CS2)nn1. The Balaban J connectivity index is 1.52. The van der Waals surface area contributed by atoms with Crippen LogP contribution in [0.5, 0.6) is 0 Å². The molecule has 3 rings (SSSR count). The molecular weight excluding hydrogens is 234 g/mol. The van der Waals surface area contributed by atoms with Crippen molar-refractivity contribution in [1.82, 2.24) is 20.3 Å². The van der Waals surface area contributed by atoms with Crippen molar-refractivity contribution in [2.75, 3.05) is 12.3 Å². The predicted octanol–water partition coefficient (Wildman–Crippen LogP) is 1.28. The van der Waals surface area contributed by atoms with Gasteiger partial charge in [-0.05, 0) is 12.8 Å². The van der Waals surface area contributed by atoms with Crippen molar-refractivity contribution < 1.29 is 0 Å². The lowest BCUT2D eigenvalue weighted by Crippen LogP contribution is -2.40. The monoisotopic (exact) mass is 251 g/mol. The molecule has 0 unspecified atom stereocenters. The lowest BCUT2D eigenvalue weighted by atomic mass is 10.0. The molecule has 0 atom stereocenters. The molecule has 1 saturated carbocycles. The highest BCUT2D eigenvalue weighted by atomic mass is 32.2. The highest BCUT2D eigenvalue weighted by Crippen LogP contribution is 2.37. The minimum atomic E-state index is 0.372. The fraction of sp³-hybridized carbons (Fsp3) is 0.727. The molecule has 5 nitrogen and oxygen atoms in total. The Morgan fingerprint density at radius 2 is 2.35 bits per heavy atom. The van der Waals surface area contributed by atoms with Crippen LogP contribution in [0.25, 0.3) is 0 Å². The molecule has 0 amide bonds. The number of rotatable bonds is 3. The van der Waals surface area contributed by atoms with E-state index in [4.69, 9.17) is 0 Å². The molecule has 1 saturated heterocycles. The van der Waals surface area contributed by atoms with Crippen molar-refractivity contribution >= 4 is 16.9 Å². The first-order valence-electron chi connectivity index (χ1n) is 6.16. The average molecular weight is 251 g/mol. The fourth-order valence-electron chi connectivity index (χ4n) is 2.52. The lowest BCUT2D eigenvalue weighted by molar-refractivity contribution is 0.452. The second-order valence-corrected chi connectivity index (χ2v) is 5.72. The first-order chi connectivity index (χ1) is 8.36. The Labute approximate surface area is 105 Å². The summed E-state index contributed by atoms with van der Waals surface area (Å²) in [6.45, 7) is 1.58. The second kappa shape index (κ2) is 4.68. The van der Waals surface area contributed by atoms with E-state index in [1.54, 1.807) is 6.20 Å². The van der Waals surface area contributed by atoms with Crippen LogP contribution >= 0.6 is 11.8 Å². The first-order valence-corrected chi connectivity index (χ1v) is 7.14. The van der Waals surface area contributed by atoms with Crippen LogP contribution in [0.1, 0.15) is 25.7 Å². The number of hydrogen-bond donors (Lipinski definition) is 1. The van der Waals surface area contributed by atoms with Gasteiger partial charge in [-0.3, -0.25) is 9.67 Å². The third-order valence-corrected chi connectivity index (χ3v) is 4.68. The summed E-state index contributed by atoms with van der Waals surface area (Å²) in [5.74, 6) is 1.19. The Hall–Kier alpha value is -1.04. The molecule has 0 aromatic carbocycles. The van der Waals surface area contributed by atoms with Crippen molar-refractivity contribution in [3.63, 3.8) is 0 Å². The molecule has 1 aliphatic heterocycles. The van der Waals surface area contributed by atoms with Gasteiger partial charge >= 0.3 is 0 Å². The Morgan fingerprint density at radius 1 is 1.47 bits per heavy atom. The molecule has 0 radical (unpaired) electrons. The Kier molecular flexibility index (Phi) is 3.05. The van der Waals surface area contributed by atoms with Gasteiger partial charge < -0.3 is 5.32 Å². The second-order valence-electron chi connectivity index (χ2n) is 4.75. The van der Waals surface area contributed by atoms with Crippen LogP contribution in [0.15, 0.2) is 17.4 Å². The van der Waals surface area contributed by atoms with Crippen molar-refractivity contribution in [1.29, 1.82) is 0 Å². The van der Waals surface area contributed by atoms with Crippen molar-refractivity contribution in [3.8, 4) is 0 Å². The van der Waals surface area contributed by atoms with Gasteiger partial charge in [0.05, 0.1) is 19.3 Å². The Bertz CT molecular complexity index is 394. The minimum absolute atomic E-state index is 0.372. The van der Waals surface area contributed by atoms with Gasteiger partial charge in [0.15, 0.2) is 5.17 Å². The van der Waals surface area contributed by atoms with E-state index in [9.17, 15) is 0 Å². The van der Waals surface area contributed by atoms with Crippen molar-refractivity contribution in [2.45, 2.75) is 37.8 Å². The number of nitrogens with one attached hydrogen (secondary N) is 1. The largest absolute Gasteiger partial charge is 0.359 e. The predicted molar refractivity (Wildman–Crippen MR) is 69.1 cm³/mol.